The molecular formula is C19H15BrClNO4. The fourth-order valence-electron chi connectivity index (χ4n) is 2.38. The maximum absolute atomic E-state index is 12.4. The van der Waals surface area contributed by atoms with E-state index in [1.807, 2.05) is 32.0 Å². The van der Waals surface area contributed by atoms with Crippen molar-refractivity contribution in [2.75, 3.05) is 5.32 Å². The van der Waals surface area contributed by atoms with Gasteiger partial charge in [-0.15, -0.1) is 0 Å². The highest BCUT2D eigenvalue weighted by Crippen LogP contribution is 2.30. The van der Waals surface area contributed by atoms with Gasteiger partial charge in [-0.25, -0.2) is 9.59 Å². The molecule has 1 N–H and O–H groups in total. The molecule has 0 fully saturated rings. The van der Waals surface area contributed by atoms with Crippen molar-refractivity contribution >= 4 is 45.2 Å². The van der Waals surface area contributed by atoms with Gasteiger partial charge >= 0.3 is 11.9 Å². The number of aryl methyl sites for hydroxylation is 2. The van der Waals surface area contributed by atoms with Gasteiger partial charge in [0.1, 0.15) is 5.70 Å². The summed E-state index contributed by atoms with van der Waals surface area (Å²) in [4.78, 5) is 24.2. The Morgan fingerprint density at radius 2 is 1.92 bits per heavy atom. The Labute approximate surface area is 164 Å². The third-order valence-corrected chi connectivity index (χ3v) is 5.01. The fourth-order valence-corrected chi connectivity index (χ4v) is 3.01. The molecule has 1 heterocycles. The van der Waals surface area contributed by atoms with Crippen LogP contribution in [-0.2, 0) is 14.3 Å². The van der Waals surface area contributed by atoms with Crippen molar-refractivity contribution in [3.63, 3.8) is 0 Å². The number of esters is 2. The van der Waals surface area contributed by atoms with Crippen LogP contribution in [0.15, 0.2) is 57.7 Å². The first-order valence-electron chi connectivity index (χ1n) is 7.77. The summed E-state index contributed by atoms with van der Waals surface area (Å²) >= 11 is 9.34. The van der Waals surface area contributed by atoms with Crippen LogP contribution in [0.2, 0.25) is 0 Å². The molecule has 1 aliphatic heterocycles. The Morgan fingerprint density at radius 1 is 1.19 bits per heavy atom. The third-order valence-electron chi connectivity index (χ3n) is 3.96. The van der Waals surface area contributed by atoms with E-state index < -0.39 is 18.2 Å². The lowest BCUT2D eigenvalue weighted by molar-refractivity contribution is -0.152. The molecule has 0 saturated carbocycles. The van der Waals surface area contributed by atoms with Crippen molar-refractivity contribution in [1.29, 1.82) is 0 Å². The van der Waals surface area contributed by atoms with Crippen molar-refractivity contribution in [2.24, 2.45) is 0 Å². The Hall–Kier alpha value is -2.31. The van der Waals surface area contributed by atoms with Gasteiger partial charge < -0.3 is 14.8 Å². The van der Waals surface area contributed by atoms with Crippen LogP contribution in [0, 0.1) is 13.8 Å². The number of ether oxygens (including phenoxy) is 2. The molecule has 0 bridgehead atoms. The van der Waals surface area contributed by atoms with Crippen molar-refractivity contribution in [2.45, 2.75) is 20.1 Å². The molecule has 7 heteroatoms. The van der Waals surface area contributed by atoms with Gasteiger partial charge in [-0.2, -0.15) is 0 Å². The largest absolute Gasteiger partial charge is 0.415 e. The fraction of sp³-hybridized carbons (Fsp3) is 0.158. The average molecular weight is 437 g/mol. The maximum Gasteiger partial charge on any atom is 0.355 e. The number of anilines is 1. The lowest BCUT2D eigenvalue weighted by Gasteiger charge is -2.17. The summed E-state index contributed by atoms with van der Waals surface area (Å²) < 4.78 is 11.0. The predicted molar refractivity (Wildman–Crippen MR) is 102 cm³/mol. The summed E-state index contributed by atoms with van der Waals surface area (Å²) in [6, 6.07) is 12.5. The number of rotatable bonds is 4. The van der Waals surface area contributed by atoms with Crippen LogP contribution in [-0.4, -0.2) is 18.2 Å². The topological polar surface area (TPSA) is 64.6 Å². The molecular weight excluding hydrogens is 422 g/mol. The summed E-state index contributed by atoms with van der Waals surface area (Å²) in [6.45, 7) is 3.97. The zero-order valence-electron chi connectivity index (χ0n) is 14.0. The standard InChI is InChI=1S/C19H15BrClNO4/c1-10-7-8-12(9-11(10)2)22-16-15(21)18(24)26-19(16)25-17(23)13-5-3-4-6-14(13)20/h3-9,19,22H,1-2H3. The molecule has 1 unspecified atom stereocenters. The van der Waals surface area contributed by atoms with Crippen LogP contribution in [0.1, 0.15) is 21.5 Å². The molecule has 2 aromatic carbocycles. The van der Waals surface area contributed by atoms with Gasteiger partial charge in [0.15, 0.2) is 5.03 Å². The zero-order chi connectivity index (χ0) is 18.8. The molecule has 5 nitrogen and oxygen atoms in total. The van der Waals surface area contributed by atoms with E-state index in [2.05, 4.69) is 21.2 Å². The first-order chi connectivity index (χ1) is 12.4. The number of hydrogen-bond donors (Lipinski definition) is 1. The molecule has 3 rings (SSSR count). The Kier molecular flexibility index (Phi) is 5.34. The summed E-state index contributed by atoms with van der Waals surface area (Å²) in [5.41, 5.74) is 3.42. The molecule has 134 valence electrons. The van der Waals surface area contributed by atoms with E-state index >= 15 is 0 Å². The number of hydrogen-bond acceptors (Lipinski definition) is 5. The van der Waals surface area contributed by atoms with Crippen LogP contribution in [0.3, 0.4) is 0 Å². The average Bonchev–Trinajstić information content (AvgIpc) is 2.86. The van der Waals surface area contributed by atoms with Crippen molar-refractivity contribution in [3.8, 4) is 0 Å². The van der Waals surface area contributed by atoms with Crippen LogP contribution < -0.4 is 5.32 Å². The van der Waals surface area contributed by atoms with E-state index in [9.17, 15) is 9.59 Å². The predicted octanol–water partition coefficient (Wildman–Crippen LogP) is 4.67. The minimum Gasteiger partial charge on any atom is -0.415 e. The number of nitrogens with one attached hydrogen (secondary N) is 1. The number of carbonyl (C=O) groups is 2. The highest BCUT2D eigenvalue weighted by atomic mass is 79.9. The normalized spacial score (nSPS) is 16.5. The van der Waals surface area contributed by atoms with Gasteiger partial charge in [-0.1, -0.05) is 29.8 Å². The number of cyclic esters (lactones) is 1. The van der Waals surface area contributed by atoms with Gasteiger partial charge in [0.05, 0.1) is 5.56 Å². The van der Waals surface area contributed by atoms with Crippen LogP contribution in [0.5, 0.6) is 0 Å². The highest BCUT2D eigenvalue weighted by Gasteiger charge is 2.37. The molecule has 26 heavy (non-hydrogen) atoms. The van der Waals surface area contributed by atoms with Crippen molar-refractivity contribution in [3.05, 3.63) is 74.4 Å². The second-order valence-corrected chi connectivity index (χ2v) is 7.01. The summed E-state index contributed by atoms with van der Waals surface area (Å²) in [5, 5.41) is 2.88. The Bertz CT molecular complexity index is 926. The SMILES string of the molecule is Cc1ccc(NC2=C(Cl)C(=O)OC2OC(=O)c2ccccc2Br)cc1C. The smallest absolute Gasteiger partial charge is 0.355 e. The van der Waals surface area contributed by atoms with Gasteiger partial charge in [0, 0.05) is 10.2 Å². The highest BCUT2D eigenvalue weighted by molar-refractivity contribution is 9.10. The number of benzene rings is 2. The maximum atomic E-state index is 12.4. The molecule has 0 saturated heterocycles. The van der Waals surface area contributed by atoms with Crippen LogP contribution in [0.4, 0.5) is 5.69 Å². The Morgan fingerprint density at radius 3 is 2.62 bits per heavy atom. The van der Waals surface area contributed by atoms with E-state index in [0.717, 1.165) is 11.1 Å². The zero-order valence-corrected chi connectivity index (χ0v) is 16.3. The quantitative estimate of drug-likeness (QED) is 0.706. The van der Waals surface area contributed by atoms with E-state index in [1.54, 1.807) is 24.3 Å². The van der Waals surface area contributed by atoms with E-state index in [-0.39, 0.29) is 10.7 Å². The monoisotopic (exact) mass is 435 g/mol. The number of halogens is 2. The van der Waals surface area contributed by atoms with Gasteiger partial charge in [-0.05, 0) is 65.2 Å². The third kappa shape index (κ3) is 3.76. The van der Waals surface area contributed by atoms with Gasteiger partial charge in [0.2, 0.25) is 0 Å². The second kappa shape index (κ2) is 7.51. The molecule has 0 spiro atoms. The second-order valence-electron chi connectivity index (χ2n) is 5.77. The van der Waals surface area contributed by atoms with E-state index in [4.69, 9.17) is 21.1 Å². The van der Waals surface area contributed by atoms with Crippen LogP contribution in [0.25, 0.3) is 0 Å². The summed E-state index contributed by atoms with van der Waals surface area (Å²) in [5.74, 6) is -1.39. The molecule has 1 aliphatic rings. The molecule has 0 aliphatic carbocycles. The van der Waals surface area contributed by atoms with Crippen molar-refractivity contribution in [1.82, 2.24) is 0 Å². The minimum absolute atomic E-state index is 0.145. The molecule has 1 atom stereocenters. The molecule has 0 amide bonds. The Balaban J connectivity index is 1.83. The van der Waals surface area contributed by atoms with Crippen LogP contribution >= 0.6 is 27.5 Å². The number of carbonyl (C=O) groups excluding carboxylic acids is 2. The minimum atomic E-state index is -1.24. The first-order valence-corrected chi connectivity index (χ1v) is 8.94. The first kappa shape index (κ1) is 18.5. The summed E-state index contributed by atoms with van der Waals surface area (Å²) in [7, 11) is 0. The lowest BCUT2D eigenvalue weighted by Crippen LogP contribution is -2.24. The molecule has 2 aromatic rings. The van der Waals surface area contributed by atoms with E-state index in [1.165, 1.54) is 0 Å². The molecule has 0 radical (unpaired) electrons. The lowest BCUT2D eigenvalue weighted by atomic mass is 10.1. The van der Waals surface area contributed by atoms with Crippen molar-refractivity contribution < 1.29 is 19.1 Å². The molecule has 0 aromatic heterocycles. The van der Waals surface area contributed by atoms with Gasteiger partial charge in [0.25, 0.3) is 6.29 Å². The van der Waals surface area contributed by atoms with Gasteiger partial charge in [-0.3, -0.25) is 0 Å². The van der Waals surface area contributed by atoms with E-state index in [0.29, 0.717) is 15.7 Å². The summed E-state index contributed by atoms with van der Waals surface area (Å²) in [6.07, 6.45) is -1.24.